The number of amidine groups is 1. The third-order valence-corrected chi connectivity index (χ3v) is 2.66. The van der Waals surface area contributed by atoms with Crippen molar-refractivity contribution < 1.29 is 0 Å². The van der Waals surface area contributed by atoms with E-state index in [-0.39, 0.29) is 0 Å². The first-order valence-electron chi connectivity index (χ1n) is 5.67. The van der Waals surface area contributed by atoms with Crippen LogP contribution in [0, 0.1) is 6.92 Å². The molecule has 0 N–H and O–H groups in total. The number of allylic oxidation sites excluding steroid dienone is 2. The van der Waals surface area contributed by atoms with Gasteiger partial charge >= 0.3 is 0 Å². The molecule has 1 aromatic rings. The second kappa shape index (κ2) is 7.17. The molecule has 0 amide bonds. The molecule has 0 aromatic heterocycles. The Labute approximate surface area is 111 Å². The van der Waals surface area contributed by atoms with Gasteiger partial charge in [0.1, 0.15) is 10.5 Å². The Hall–Kier alpha value is -1.22. The number of hydrogen-bond acceptors (Lipinski definition) is 1. The summed E-state index contributed by atoms with van der Waals surface area (Å²) in [5, 5.41) is 0. The van der Waals surface area contributed by atoms with Gasteiger partial charge in [-0.1, -0.05) is 31.2 Å². The molecule has 1 aromatic carbocycles. The molecule has 0 unspecified atom stereocenters. The second-order valence-electron chi connectivity index (χ2n) is 3.60. The average Bonchev–Trinajstić information content (AvgIpc) is 2.31. The monoisotopic (exact) mass is 292 g/mol. The van der Waals surface area contributed by atoms with Gasteiger partial charge in [-0.25, -0.2) is 9.98 Å². The van der Waals surface area contributed by atoms with Crippen molar-refractivity contribution in [3.8, 4) is 0 Å². The van der Waals surface area contributed by atoms with Crippen LogP contribution < -0.4 is 0 Å². The molecule has 0 aliphatic carbocycles. The summed E-state index contributed by atoms with van der Waals surface area (Å²) in [7, 11) is 0. The maximum Gasteiger partial charge on any atom is 0.130 e. The second-order valence-corrected chi connectivity index (χ2v) is 4.42. The van der Waals surface area contributed by atoms with Crippen LogP contribution in [0.5, 0.6) is 0 Å². The topological polar surface area (TPSA) is 24.7 Å². The molecule has 0 heterocycles. The number of halogens is 1. The van der Waals surface area contributed by atoms with Gasteiger partial charge in [0.2, 0.25) is 0 Å². The Morgan fingerprint density at radius 3 is 2.65 bits per heavy atom. The zero-order valence-corrected chi connectivity index (χ0v) is 12.0. The third-order valence-electron chi connectivity index (χ3n) is 2.22. The molecule has 0 spiro atoms. The summed E-state index contributed by atoms with van der Waals surface area (Å²) in [5.41, 5.74) is 2.14. The van der Waals surface area contributed by atoms with Crippen molar-refractivity contribution >= 4 is 32.1 Å². The van der Waals surface area contributed by atoms with Gasteiger partial charge in [-0.2, -0.15) is 0 Å². The number of aliphatic imine (C=N–C) groups is 2. The van der Waals surface area contributed by atoms with Crippen molar-refractivity contribution in [1.29, 1.82) is 0 Å². The molecule has 0 bridgehead atoms. The lowest BCUT2D eigenvalue weighted by Gasteiger charge is -2.01. The van der Waals surface area contributed by atoms with Gasteiger partial charge in [0.25, 0.3) is 0 Å². The molecule has 0 aliphatic rings. The first-order valence-corrected chi connectivity index (χ1v) is 6.46. The van der Waals surface area contributed by atoms with Crippen LogP contribution in [0.2, 0.25) is 0 Å². The maximum atomic E-state index is 4.56. The van der Waals surface area contributed by atoms with Gasteiger partial charge in [0.15, 0.2) is 0 Å². The average molecular weight is 293 g/mol. The summed E-state index contributed by atoms with van der Waals surface area (Å²) < 4.78 is 0.800. The van der Waals surface area contributed by atoms with Crippen LogP contribution in [-0.4, -0.2) is 10.5 Å². The molecule has 17 heavy (non-hydrogen) atoms. The molecule has 0 fully saturated rings. The van der Waals surface area contributed by atoms with E-state index in [1.807, 2.05) is 37.3 Å². The Bertz CT molecular complexity index is 459. The molecular formula is C14H17BrN2. The molecule has 2 nitrogen and oxygen atoms in total. The van der Waals surface area contributed by atoms with Gasteiger partial charge in [-0.05, 0) is 47.5 Å². The van der Waals surface area contributed by atoms with Crippen LogP contribution >= 0.6 is 15.9 Å². The minimum atomic E-state index is 0.800. The fourth-order valence-corrected chi connectivity index (χ4v) is 1.78. The molecule has 3 heteroatoms. The lowest BCUT2D eigenvalue weighted by Crippen LogP contribution is -1.94. The van der Waals surface area contributed by atoms with Gasteiger partial charge in [0.05, 0.1) is 5.69 Å². The van der Waals surface area contributed by atoms with Crippen LogP contribution in [0.1, 0.15) is 25.8 Å². The zero-order valence-electron chi connectivity index (χ0n) is 10.4. The van der Waals surface area contributed by atoms with Gasteiger partial charge in [-0.3, -0.25) is 0 Å². The van der Waals surface area contributed by atoms with Crippen molar-refractivity contribution in [2.45, 2.75) is 27.2 Å². The highest BCUT2D eigenvalue weighted by molar-refractivity contribution is 9.18. The molecule has 1 rings (SSSR count). The zero-order chi connectivity index (χ0) is 12.7. The molecule has 0 saturated heterocycles. The van der Waals surface area contributed by atoms with E-state index in [0.717, 1.165) is 28.1 Å². The predicted molar refractivity (Wildman–Crippen MR) is 79.7 cm³/mol. The Balaban J connectivity index is 3.03. The number of nitrogens with zero attached hydrogens (tertiary/aromatic N) is 2. The van der Waals surface area contributed by atoms with E-state index in [4.69, 9.17) is 0 Å². The van der Waals surface area contributed by atoms with Crippen molar-refractivity contribution in [3.63, 3.8) is 0 Å². The van der Waals surface area contributed by atoms with E-state index in [0.29, 0.717) is 0 Å². The molecule has 90 valence electrons. The maximum absolute atomic E-state index is 4.56. The summed E-state index contributed by atoms with van der Waals surface area (Å²) in [4.78, 5) is 8.98. The highest BCUT2D eigenvalue weighted by atomic mass is 79.9. The minimum absolute atomic E-state index is 0.800. The fourth-order valence-electron chi connectivity index (χ4n) is 1.31. The predicted octanol–water partition coefficient (Wildman–Crippen LogP) is 4.80. The van der Waals surface area contributed by atoms with E-state index < -0.39 is 0 Å². The standard InChI is InChI=1S/C14H17BrN2/c1-4-8-13(15)17-14(5-2)16-12-10-7-6-9-11(12)3/h4,6-10H,5H2,1-3H3/b8-4-,16-14?,17-13?. The largest absolute Gasteiger partial charge is 0.233 e. The lowest BCUT2D eigenvalue weighted by atomic mass is 10.2. The first kappa shape index (κ1) is 13.8. The van der Waals surface area contributed by atoms with Crippen LogP contribution in [0.4, 0.5) is 5.69 Å². The summed E-state index contributed by atoms with van der Waals surface area (Å²) >= 11 is 3.39. The highest BCUT2D eigenvalue weighted by Crippen LogP contribution is 2.18. The van der Waals surface area contributed by atoms with Crippen molar-refractivity contribution in [2.75, 3.05) is 0 Å². The van der Waals surface area contributed by atoms with E-state index >= 15 is 0 Å². The Morgan fingerprint density at radius 2 is 2.06 bits per heavy atom. The van der Waals surface area contributed by atoms with Gasteiger partial charge in [-0.15, -0.1) is 0 Å². The molecule has 0 aliphatic heterocycles. The minimum Gasteiger partial charge on any atom is -0.233 e. The Morgan fingerprint density at radius 1 is 1.35 bits per heavy atom. The van der Waals surface area contributed by atoms with Crippen LogP contribution in [-0.2, 0) is 0 Å². The van der Waals surface area contributed by atoms with Crippen molar-refractivity contribution in [2.24, 2.45) is 9.98 Å². The normalized spacial score (nSPS) is 13.4. The quantitative estimate of drug-likeness (QED) is 0.564. The van der Waals surface area contributed by atoms with Crippen molar-refractivity contribution in [3.05, 3.63) is 42.0 Å². The van der Waals surface area contributed by atoms with Crippen molar-refractivity contribution in [1.82, 2.24) is 0 Å². The number of benzene rings is 1. The number of aryl methyl sites for hydroxylation is 1. The van der Waals surface area contributed by atoms with Gasteiger partial charge in [0, 0.05) is 6.42 Å². The molecule has 0 radical (unpaired) electrons. The summed E-state index contributed by atoms with van der Waals surface area (Å²) in [6.07, 6.45) is 4.65. The summed E-state index contributed by atoms with van der Waals surface area (Å²) in [5.74, 6) is 0.823. The number of para-hydroxylation sites is 1. The summed E-state index contributed by atoms with van der Waals surface area (Å²) in [6, 6.07) is 8.06. The number of hydrogen-bond donors (Lipinski definition) is 0. The summed E-state index contributed by atoms with van der Waals surface area (Å²) in [6.45, 7) is 6.06. The number of rotatable bonds is 3. The molecular weight excluding hydrogens is 276 g/mol. The Kier molecular flexibility index (Phi) is 5.84. The first-order chi connectivity index (χ1) is 8.17. The van der Waals surface area contributed by atoms with Crippen LogP contribution in [0.25, 0.3) is 0 Å². The third kappa shape index (κ3) is 4.65. The fraction of sp³-hybridized carbons (Fsp3) is 0.286. The van der Waals surface area contributed by atoms with Crippen LogP contribution in [0.15, 0.2) is 46.4 Å². The SMILES string of the molecule is C/C=C\C(Br)=NC(CC)=Nc1ccccc1C. The lowest BCUT2D eigenvalue weighted by molar-refractivity contribution is 1.23. The molecule has 0 saturated carbocycles. The van der Waals surface area contributed by atoms with E-state index in [2.05, 4.69) is 45.8 Å². The van der Waals surface area contributed by atoms with E-state index in [1.54, 1.807) is 0 Å². The highest BCUT2D eigenvalue weighted by Gasteiger charge is 1.98. The van der Waals surface area contributed by atoms with E-state index in [9.17, 15) is 0 Å². The van der Waals surface area contributed by atoms with E-state index in [1.165, 1.54) is 0 Å². The molecule has 0 atom stereocenters. The van der Waals surface area contributed by atoms with Crippen LogP contribution in [0.3, 0.4) is 0 Å². The smallest absolute Gasteiger partial charge is 0.130 e. The van der Waals surface area contributed by atoms with Gasteiger partial charge < -0.3 is 0 Å².